The maximum absolute atomic E-state index is 12.8. The van der Waals surface area contributed by atoms with Gasteiger partial charge in [0.15, 0.2) is 0 Å². The summed E-state index contributed by atoms with van der Waals surface area (Å²) in [6.45, 7) is 1.33. The van der Waals surface area contributed by atoms with Crippen molar-refractivity contribution in [1.82, 2.24) is 10.2 Å². The van der Waals surface area contributed by atoms with E-state index >= 15 is 0 Å². The highest BCUT2D eigenvalue weighted by molar-refractivity contribution is 6.10. The number of amides is 4. The molecule has 0 radical (unpaired) electrons. The van der Waals surface area contributed by atoms with Gasteiger partial charge in [-0.05, 0) is 37.5 Å². The van der Waals surface area contributed by atoms with Crippen LogP contribution in [0.15, 0.2) is 54.6 Å². The number of nitrogens with zero attached hydrogens (tertiary/aromatic N) is 1. The predicted octanol–water partition coefficient (Wildman–Crippen LogP) is 2.58. The average Bonchev–Trinajstić information content (AvgIpc) is 2.91. The molecule has 0 aliphatic carbocycles. The van der Waals surface area contributed by atoms with Crippen LogP contribution >= 0.6 is 0 Å². The molecule has 1 aliphatic heterocycles. The molecule has 0 aromatic heterocycles. The van der Waals surface area contributed by atoms with Crippen LogP contribution in [0.4, 0.5) is 10.5 Å². The van der Waals surface area contributed by atoms with Crippen molar-refractivity contribution in [2.45, 2.75) is 25.3 Å². The van der Waals surface area contributed by atoms with Gasteiger partial charge in [-0.25, -0.2) is 4.79 Å². The lowest BCUT2D eigenvalue weighted by Crippen LogP contribution is -2.45. The molecular formula is C21H23N3O4. The zero-order valence-electron chi connectivity index (χ0n) is 15.9. The number of carbonyl (C=O) groups is 3. The van der Waals surface area contributed by atoms with Crippen molar-refractivity contribution in [1.29, 1.82) is 0 Å². The molecule has 146 valence electrons. The van der Waals surface area contributed by atoms with Gasteiger partial charge in [0.1, 0.15) is 17.8 Å². The van der Waals surface area contributed by atoms with Crippen molar-refractivity contribution in [2.75, 3.05) is 19.0 Å². The zero-order valence-corrected chi connectivity index (χ0v) is 15.9. The third-order valence-corrected chi connectivity index (χ3v) is 4.78. The number of imide groups is 1. The Morgan fingerprint density at radius 2 is 1.79 bits per heavy atom. The van der Waals surface area contributed by atoms with Gasteiger partial charge in [-0.1, -0.05) is 42.5 Å². The molecule has 2 aromatic rings. The molecule has 7 heteroatoms. The molecule has 2 N–H and O–H groups in total. The molecular weight excluding hydrogens is 358 g/mol. The number of hydrogen-bond acceptors (Lipinski definition) is 4. The third kappa shape index (κ3) is 4.14. The van der Waals surface area contributed by atoms with Crippen molar-refractivity contribution in [3.05, 3.63) is 60.2 Å². The van der Waals surface area contributed by atoms with E-state index in [9.17, 15) is 14.4 Å². The van der Waals surface area contributed by atoms with Crippen LogP contribution in [0.3, 0.4) is 0 Å². The van der Waals surface area contributed by atoms with E-state index in [2.05, 4.69) is 10.6 Å². The fourth-order valence-electron chi connectivity index (χ4n) is 3.18. The summed E-state index contributed by atoms with van der Waals surface area (Å²) >= 11 is 0. The summed E-state index contributed by atoms with van der Waals surface area (Å²) in [6.07, 6.45) is 1.09. The number of anilines is 1. The van der Waals surface area contributed by atoms with Gasteiger partial charge in [-0.2, -0.15) is 0 Å². The number of methoxy groups -OCH3 is 1. The molecule has 0 bridgehead atoms. The fourth-order valence-corrected chi connectivity index (χ4v) is 3.18. The summed E-state index contributed by atoms with van der Waals surface area (Å²) in [4.78, 5) is 38.5. The maximum atomic E-state index is 12.8. The molecule has 4 amide bonds. The van der Waals surface area contributed by atoms with Gasteiger partial charge in [-0.3, -0.25) is 14.5 Å². The smallest absolute Gasteiger partial charge is 0.325 e. The number of aryl methyl sites for hydroxylation is 1. The minimum Gasteiger partial charge on any atom is -0.495 e. The van der Waals surface area contributed by atoms with Gasteiger partial charge in [0.25, 0.3) is 5.91 Å². The first kappa shape index (κ1) is 19.4. The average molecular weight is 381 g/mol. The molecule has 1 atom stereocenters. The number of carbonyl (C=O) groups excluding carboxylic acids is 3. The molecule has 1 fully saturated rings. The largest absolute Gasteiger partial charge is 0.495 e. The van der Waals surface area contributed by atoms with Crippen LogP contribution < -0.4 is 15.4 Å². The summed E-state index contributed by atoms with van der Waals surface area (Å²) in [7, 11) is 1.50. The maximum Gasteiger partial charge on any atom is 0.325 e. The summed E-state index contributed by atoms with van der Waals surface area (Å²) in [5.41, 5.74) is 0.532. The van der Waals surface area contributed by atoms with Crippen molar-refractivity contribution in [3.63, 3.8) is 0 Å². The topological polar surface area (TPSA) is 87.7 Å². The number of rotatable bonds is 7. The van der Waals surface area contributed by atoms with Gasteiger partial charge < -0.3 is 15.4 Å². The lowest BCUT2D eigenvalue weighted by atomic mass is 9.93. The second-order valence-electron chi connectivity index (χ2n) is 6.89. The van der Waals surface area contributed by atoms with E-state index in [0.29, 0.717) is 24.3 Å². The number of nitrogens with one attached hydrogen (secondary N) is 2. The fraction of sp³-hybridized carbons (Fsp3) is 0.286. The van der Waals surface area contributed by atoms with Crippen molar-refractivity contribution in [3.8, 4) is 5.75 Å². The first-order chi connectivity index (χ1) is 13.4. The van der Waals surface area contributed by atoms with Crippen LogP contribution in [-0.4, -0.2) is 41.9 Å². The summed E-state index contributed by atoms with van der Waals surface area (Å²) in [6, 6.07) is 16.1. The van der Waals surface area contributed by atoms with E-state index in [1.54, 1.807) is 31.2 Å². The Morgan fingerprint density at radius 1 is 1.11 bits per heavy atom. The van der Waals surface area contributed by atoms with E-state index in [4.69, 9.17) is 4.74 Å². The molecule has 2 aromatic carbocycles. The second kappa shape index (κ2) is 8.12. The molecule has 28 heavy (non-hydrogen) atoms. The SMILES string of the molecule is COc1ccccc1NC(=O)CN1C(=O)N[C@](C)(CCc2ccccc2)C1=O. The van der Waals surface area contributed by atoms with Crippen LogP contribution in [-0.2, 0) is 16.0 Å². The van der Waals surface area contributed by atoms with Gasteiger partial charge >= 0.3 is 6.03 Å². The zero-order chi connectivity index (χ0) is 20.1. The first-order valence-corrected chi connectivity index (χ1v) is 9.04. The Kier molecular flexibility index (Phi) is 5.63. The summed E-state index contributed by atoms with van der Waals surface area (Å²) in [5.74, 6) is -0.371. The quantitative estimate of drug-likeness (QED) is 0.722. The highest BCUT2D eigenvalue weighted by Gasteiger charge is 2.47. The molecule has 1 saturated heterocycles. The van der Waals surface area contributed by atoms with Crippen LogP contribution in [0, 0.1) is 0 Å². The van der Waals surface area contributed by atoms with Crippen molar-refractivity contribution < 1.29 is 19.1 Å². The first-order valence-electron chi connectivity index (χ1n) is 9.04. The standard InChI is InChI=1S/C21H23N3O4/c1-21(13-12-15-8-4-3-5-9-15)19(26)24(20(27)23-21)14-18(25)22-16-10-6-7-11-17(16)28-2/h3-11H,12-14H2,1-2H3,(H,22,25)(H,23,27)/t21-/m1/s1. The molecule has 1 aliphatic rings. The van der Waals surface area contributed by atoms with E-state index in [1.807, 2.05) is 30.3 Å². The lowest BCUT2D eigenvalue weighted by molar-refractivity contribution is -0.133. The predicted molar refractivity (Wildman–Crippen MR) is 105 cm³/mol. The van der Waals surface area contributed by atoms with E-state index in [0.717, 1.165) is 10.5 Å². The van der Waals surface area contributed by atoms with Crippen LogP contribution in [0.25, 0.3) is 0 Å². The number of para-hydroxylation sites is 2. The molecule has 1 heterocycles. The number of hydrogen-bond donors (Lipinski definition) is 2. The van der Waals surface area contributed by atoms with E-state index < -0.39 is 23.4 Å². The molecule has 0 spiro atoms. The molecule has 3 rings (SSSR count). The van der Waals surface area contributed by atoms with Crippen LogP contribution in [0.5, 0.6) is 5.75 Å². The highest BCUT2D eigenvalue weighted by atomic mass is 16.5. The van der Waals surface area contributed by atoms with Crippen molar-refractivity contribution in [2.24, 2.45) is 0 Å². The number of urea groups is 1. The third-order valence-electron chi connectivity index (χ3n) is 4.78. The molecule has 7 nitrogen and oxygen atoms in total. The molecule has 0 saturated carbocycles. The Labute approximate surface area is 163 Å². The van der Waals surface area contributed by atoms with E-state index in [1.165, 1.54) is 7.11 Å². The Bertz CT molecular complexity index is 884. The summed E-state index contributed by atoms with van der Waals surface area (Å²) in [5, 5.41) is 5.40. The van der Waals surface area contributed by atoms with Gasteiger partial charge in [0.2, 0.25) is 5.91 Å². The Hall–Kier alpha value is -3.35. The Balaban J connectivity index is 1.63. The minimum atomic E-state index is -1.03. The normalized spacial score (nSPS) is 18.7. The second-order valence-corrected chi connectivity index (χ2v) is 6.89. The van der Waals surface area contributed by atoms with Gasteiger partial charge in [-0.15, -0.1) is 0 Å². The summed E-state index contributed by atoms with van der Waals surface area (Å²) < 4.78 is 5.19. The van der Waals surface area contributed by atoms with Crippen LogP contribution in [0.1, 0.15) is 18.9 Å². The lowest BCUT2D eigenvalue weighted by Gasteiger charge is -2.21. The van der Waals surface area contributed by atoms with E-state index in [-0.39, 0.29) is 6.54 Å². The molecule has 0 unspecified atom stereocenters. The van der Waals surface area contributed by atoms with Crippen molar-refractivity contribution >= 4 is 23.5 Å². The van der Waals surface area contributed by atoms with Crippen LogP contribution in [0.2, 0.25) is 0 Å². The minimum absolute atomic E-state index is 0.357. The Morgan fingerprint density at radius 3 is 2.50 bits per heavy atom. The van der Waals surface area contributed by atoms with Gasteiger partial charge in [0, 0.05) is 0 Å². The number of benzene rings is 2. The van der Waals surface area contributed by atoms with Gasteiger partial charge in [0.05, 0.1) is 12.8 Å². The number of ether oxygens (including phenoxy) is 1. The highest BCUT2D eigenvalue weighted by Crippen LogP contribution is 2.25. The monoisotopic (exact) mass is 381 g/mol.